The summed E-state index contributed by atoms with van der Waals surface area (Å²) in [7, 11) is 1.63. The Hall–Kier alpha value is -3.19. The van der Waals surface area contributed by atoms with Gasteiger partial charge in [-0.15, -0.1) is 0 Å². The highest BCUT2D eigenvalue weighted by molar-refractivity contribution is 9.10. The van der Waals surface area contributed by atoms with Gasteiger partial charge in [-0.25, -0.2) is 0 Å². The molecular formula is C24H24BrN3O3. The number of nitrogens with zero attached hydrogens (tertiary/aromatic N) is 2. The Morgan fingerprint density at radius 2 is 1.29 bits per heavy atom. The second-order valence-electron chi connectivity index (χ2n) is 6.92. The molecule has 1 aromatic heterocycles. The van der Waals surface area contributed by atoms with Gasteiger partial charge < -0.3 is 23.3 Å². The summed E-state index contributed by atoms with van der Waals surface area (Å²) in [6.07, 6.45) is 0. The number of imidazole rings is 1. The van der Waals surface area contributed by atoms with Gasteiger partial charge in [0.25, 0.3) is 0 Å². The topological polar surface area (TPSA) is 61.4 Å². The lowest BCUT2D eigenvalue weighted by atomic mass is 10.3. The number of rotatable bonds is 9. The number of para-hydroxylation sites is 4. The number of ether oxygens (including phenoxy) is 3. The third kappa shape index (κ3) is 4.77. The standard InChI is InChI=1S/C24H24BrN3O3/c1-29-22-8-4-5-9-23(22)31-17-15-28-21-7-3-2-6-20(21)27(24(28)26)14-16-30-19-12-10-18(25)11-13-19/h2-13,26H,14-17H2,1H3. The molecule has 0 unspecified atom stereocenters. The third-order valence-corrected chi connectivity index (χ3v) is 5.54. The van der Waals surface area contributed by atoms with Crippen molar-refractivity contribution in [2.75, 3.05) is 20.3 Å². The third-order valence-electron chi connectivity index (χ3n) is 5.01. The molecule has 7 heteroatoms. The minimum Gasteiger partial charge on any atom is -0.493 e. The van der Waals surface area contributed by atoms with Gasteiger partial charge in [-0.1, -0.05) is 40.2 Å². The van der Waals surface area contributed by atoms with E-state index in [1.165, 1.54) is 0 Å². The average Bonchev–Trinajstić information content (AvgIpc) is 3.07. The Bertz CT molecular complexity index is 1210. The smallest absolute Gasteiger partial charge is 0.203 e. The van der Waals surface area contributed by atoms with E-state index < -0.39 is 0 Å². The molecular weight excluding hydrogens is 458 g/mol. The predicted octanol–water partition coefficient (Wildman–Crippen LogP) is 4.85. The second kappa shape index (κ2) is 9.75. The van der Waals surface area contributed by atoms with Gasteiger partial charge >= 0.3 is 0 Å². The summed E-state index contributed by atoms with van der Waals surface area (Å²) in [6, 6.07) is 23.4. The molecule has 0 amide bonds. The summed E-state index contributed by atoms with van der Waals surface area (Å²) in [5, 5.41) is 8.73. The molecule has 4 aromatic rings. The summed E-state index contributed by atoms with van der Waals surface area (Å²) < 4.78 is 22.1. The summed E-state index contributed by atoms with van der Waals surface area (Å²) in [6.45, 7) is 2.04. The molecule has 0 aliphatic heterocycles. The molecule has 0 saturated heterocycles. The number of benzene rings is 3. The molecule has 1 heterocycles. The zero-order valence-electron chi connectivity index (χ0n) is 17.3. The zero-order valence-corrected chi connectivity index (χ0v) is 18.8. The average molecular weight is 482 g/mol. The minimum atomic E-state index is 0.421. The Morgan fingerprint density at radius 3 is 1.90 bits per heavy atom. The van der Waals surface area contributed by atoms with Crippen LogP contribution in [0.5, 0.6) is 17.2 Å². The van der Waals surface area contributed by atoms with Crippen LogP contribution in [0.15, 0.2) is 77.3 Å². The van der Waals surface area contributed by atoms with Crippen LogP contribution in [0.1, 0.15) is 0 Å². The predicted molar refractivity (Wildman–Crippen MR) is 124 cm³/mol. The van der Waals surface area contributed by atoms with Crippen molar-refractivity contribution >= 4 is 27.0 Å². The van der Waals surface area contributed by atoms with Crippen LogP contribution >= 0.6 is 15.9 Å². The first-order valence-corrected chi connectivity index (χ1v) is 10.8. The molecule has 6 nitrogen and oxygen atoms in total. The number of fused-ring (bicyclic) bond motifs is 1. The van der Waals surface area contributed by atoms with E-state index in [0.29, 0.717) is 43.4 Å². The van der Waals surface area contributed by atoms with Crippen LogP contribution in [0.3, 0.4) is 0 Å². The SMILES string of the molecule is COc1ccccc1OCCn1c(=N)n(CCOc2ccc(Br)cc2)c2ccccc21. The summed E-state index contributed by atoms with van der Waals surface area (Å²) in [5.74, 6) is 2.21. The Morgan fingerprint density at radius 1 is 0.742 bits per heavy atom. The van der Waals surface area contributed by atoms with E-state index in [2.05, 4.69) is 15.9 Å². The quantitative estimate of drug-likeness (QED) is 0.371. The zero-order chi connectivity index (χ0) is 21.6. The fraction of sp³-hybridized carbons (Fsp3) is 0.208. The van der Waals surface area contributed by atoms with Gasteiger partial charge in [0.05, 0.1) is 31.2 Å². The molecule has 3 aromatic carbocycles. The monoisotopic (exact) mass is 481 g/mol. The molecule has 0 radical (unpaired) electrons. The number of nitrogens with one attached hydrogen (secondary N) is 1. The Balaban J connectivity index is 1.48. The number of aromatic nitrogens is 2. The first-order chi connectivity index (χ1) is 15.2. The van der Waals surface area contributed by atoms with Gasteiger partial charge in [0.1, 0.15) is 19.0 Å². The van der Waals surface area contributed by atoms with E-state index in [4.69, 9.17) is 19.6 Å². The van der Waals surface area contributed by atoms with Crippen LogP contribution in [-0.2, 0) is 13.1 Å². The minimum absolute atomic E-state index is 0.421. The molecule has 0 spiro atoms. The van der Waals surface area contributed by atoms with Crippen LogP contribution < -0.4 is 19.8 Å². The van der Waals surface area contributed by atoms with Crippen LogP contribution in [-0.4, -0.2) is 29.5 Å². The van der Waals surface area contributed by atoms with E-state index in [1.807, 2.05) is 81.9 Å². The van der Waals surface area contributed by atoms with Crippen molar-refractivity contribution in [2.45, 2.75) is 13.1 Å². The molecule has 0 aliphatic carbocycles. The highest BCUT2D eigenvalue weighted by Gasteiger charge is 2.11. The molecule has 0 fully saturated rings. The number of hydrogen-bond acceptors (Lipinski definition) is 4. The maximum absolute atomic E-state index is 8.73. The van der Waals surface area contributed by atoms with Crippen molar-refractivity contribution in [2.24, 2.45) is 0 Å². The van der Waals surface area contributed by atoms with E-state index in [1.54, 1.807) is 7.11 Å². The van der Waals surface area contributed by atoms with Crippen molar-refractivity contribution in [3.8, 4) is 17.2 Å². The van der Waals surface area contributed by atoms with Gasteiger partial charge in [0.15, 0.2) is 11.5 Å². The molecule has 4 rings (SSSR count). The van der Waals surface area contributed by atoms with E-state index >= 15 is 0 Å². The van der Waals surface area contributed by atoms with Crippen LogP contribution in [0, 0.1) is 5.41 Å². The number of halogens is 1. The van der Waals surface area contributed by atoms with Crippen molar-refractivity contribution in [3.63, 3.8) is 0 Å². The number of methoxy groups -OCH3 is 1. The van der Waals surface area contributed by atoms with Crippen molar-refractivity contribution < 1.29 is 14.2 Å². The van der Waals surface area contributed by atoms with Gasteiger partial charge in [0, 0.05) is 4.47 Å². The second-order valence-corrected chi connectivity index (χ2v) is 7.83. The summed E-state index contributed by atoms with van der Waals surface area (Å²) in [4.78, 5) is 0. The molecule has 1 N–H and O–H groups in total. The molecule has 0 aliphatic rings. The summed E-state index contributed by atoms with van der Waals surface area (Å²) in [5.41, 5.74) is 2.42. The van der Waals surface area contributed by atoms with Gasteiger partial charge in [-0.3, -0.25) is 5.41 Å². The van der Waals surface area contributed by atoms with Gasteiger partial charge in [0.2, 0.25) is 5.62 Å². The first-order valence-electron chi connectivity index (χ1n) is 10.0. The molecule has 160 valence electrons. The molecule has 0 bridgehead atoms. The lowest BCUT2D eigenvalue weighted by Crippen LogP contribution is -2.28. The Kier molecular flexibility index (Phi) is 6.62. The maximum Gasteiger partial charge on any atom is 0.203 e. The lowest BCUT2D eigenvalue weighted by Gasteiger charge is -2.11. The normalized spacial score (nSPS) is 10.9. The van der Waals surface area contributed by atoms with Crippen molar-refractivity contribution in [3.05, 3.63) is 82.9 Å². The van der Waals surface area contributed by atoms with Gasteiger partial charge in [-0.05, 0) is 48.5 Å². The maximum atomic E-state index is 8.73. The molecule has 31 heavy (non-hydrogen) atoms. The molecule has 0 atom stereocenters. The lowest BCUT2D eigenvalue weighted by molar-refractivity contribution is 0.276. The Labute approximate surface area is 189 Å². The highest BCUT2D eigenvalue weighted by Crippen LogP contribution is 2.25. The van der Waals surface area contributed by atoms with Crippen molar-refractivity contribution in [1.82, 2.24) is 9.13 Å². The summed E-state index contributed by atoms with van der Waals surface area (Å²) >= 11 is 3.43. The fourth-order valence-corrected chi connectivity index (χ4v) is 3.78. The van der Waals surface area contributed by atoms with Crippen LogP contribution in [0.2, 0.25) is 0 Å². The van der Waals surface area contributed by atoms with Crippen molar-refractivity contribution in [1.29, 1.82) is 5.41 Å². The highest BCUT2D eigenvalue weighted by atomic mass is 79.9. The fourth-order valence-electron chi connectivity index (χ4n) is 3.52. The van der Waals surface area contributed by atoms with E-state index in [9.17, 15) is 0 Å². The number of hydrogen-bond donors (Lipinski definition) is 1. The van der Waals surface area contributed by atoms with Gasteiger partial charge in [-0.2, -0.15) is 0 Å². The molecule has 0 saturated carbocycles. The van der Waals surface area contributed by atoms with Crippen LogP contribution in [0.25, 0.3) is 11.0 Å². The first kappa shape index (κ1) is 21.1. The van der Waals surface area contributed by atoms with E-state index in [0.717, 1.165) is 21.3 Å². The van der Waals surface area contributed by atoms with E-state index in [-0.39, 0.29) is 0 Å². The van der Waals surface area contributed by atoms with Crippen LogP contribution in [0.4, 0.5) is 0 Å². The largest absolute Gasteiger partial charge is 0.493 e.